The van der Waals surface area contributed by atoms with Gasteiger partial charge in [0.15, 0.2) is 0 Å². The second-order valence-corrected chi connectivity index (χ2v) is 7.48. The minimum Gasteiger partial charge on any atom is -0.506 e. The van der Waals surface area contributed by atoms with Gasteiger partial charge in [-0.1, -0.05) is 27.2 Å². The van der Waals surface area contributed by atoms with E-state index < -0.39 is 0 Å². The molecule has 0 saturated carbocycles. The molecule has 1 aromatic carbocycles. The Bertz CT molecular complexity index is 522. The van der Waals surface area contributed by atoms with E-state index in [1.165, 1.54) is 12.1 Å². The normalized spacial score (nSPS) is 22.0. The summed E-state index contributed by atoms with van der Waals surface area (Å²) in [6.45, 7) is 10.2. The highest BCUT2D eigenvalue weighted by Crippen LogP contribution is 2.36. The first kappa shape index (κ1) is 17.1. The molecule has 3 N–H and O–H groups in total. The number of hydrogen-bond acceptors (Lipinski definition) is 3. The summed E-state index contributed by atoms with van der Waals surface area (Å²) in [5.74, 6) is -0.176. The van der Waals surface area contributed by atoms with E-state index in [0.29, 0.717) is 17.8 Å². The van der Waals surface area contributed by atoms with Crippen LogP contribution in [0.5, 0.6) is 5.75 Å². The highest BCUT2D eigenvalue weighted by molar-refractivity contribution is 5.57. The van der Waals surface area contributed by atoms with Crippen LogP contribution in [0.25, 0.3) is 0 Å². The summed E-state index contributed by atoms with van der Waals surface area (Å²) in [4.78, 5) is 0. The molecule has 0 spiro atoms. The van der Waals surface area contributed by atoms with Gasteiger partial charge in [0.05, 0.1) is 5.69 Å². The quantitative estimate of drug-likeness (QED) is 0.690. The molecule has 124 valence electrons. The summed E-state index contributed by atoms with van der Waals surface area (Å²) in [7, 11) is 0. The van der Waals surface area contributed by atoms with Gasteiger partial charge in [0, 0.05) is 18.2 Å². The third-order valence-corrected chi connectivity index (χ3v) is 5.00. The maximum Gasteiger partial charge on any atom is 0.139 e. The van der Waals surface area contributed by atoms with E-state index in [1.807, 2.05) is 0 Å². The van der Waals surface area contributed by atoms with Crippen LogP contribution >= 0.6 is 0 Å². The number of benzene rings is 1. The molecule has 1 heterocycles. The second-order valence-electron chi connectivity index (χ2n) is 7.48. The molecule has 0 aromatic heterocycles. The zero-order valence-electron chi connectivity index (χ0n) is 14.2. The third kappa shape index (κ3) is 3.92. The fourth-order valence-electron chi connectivity index (χ4n) is 3.35. The molecule has 0 radical (unpaired) electrons. The lowest BCUT2D eigenvalue weighted by molar-refractivity contribution is 0.214. The minimum absolute atomic E-state index is 0.0211. The van der Waals surface area contributed by atoms with Gasteiger partial charge < -0.3 is 15.7 Å². The second kappa shape index (κ2) is 6.45. The first-order valence-electron chi connectivity index (χ1n) is 8.25. The summed E-state index contributed by atoms with van der Waals surface area (Å²) in [5, 5.41) is 16.9. The molecule has 0 aliphatic carbocycles. The van der Waals surface area contributed by atoms with Crippen LogP contribution in [0.3, 0.4) is 0 Å². The number of anilines is 1. The van der Waals surface area contributed by atoms with Gasteiger partial charge in [0.2, 0.25) is 0 Å². The van der Waals surface area contributed by atoms with Crippen molar-refractivity contribution in [2.24, 2.45) is 5.41 Å². The molecule has 0 amide bonds. The van der Waals surface area contributed by atoms with E-state index in [9.17, 15) is 9.50 Å². The third-order valence-electron chi connectivity index (χ3n) is 5.00. The number of phenolic OH excluding ortho intramolecular Hbond substituents is 1. The molecular weight excluding hydrogens is 279 g/mol. The predicted molar refractivity (Wildman–Crippen MR) is 89.9 cm³/mol. The van der Waals surface area contributed by atoms with Crippen LogP contribution < -0.4 is 10.6 Å². The van der Waals surface area contributed by atoms with Crippen molar-refractivity contribution in [1.29, 1.82) is 0 Å². The molecule has 3 nitrogen and oxygen atoms in total. The Kier molecular flexibility index (Phi) is 5.00. The van der Waals surface area contributed by atoms with E-state index in [2.05, 4.69) is 31.4 Å². The van der Waals surface area contributed by atoms with Crippen molar-refractivity contribution in [3.8, 4) is 5.75 Å². The van der Waals surface area contributed by atoms with E-state index in [0.717, 1.165) is 32.2 Å². The van der Waals surface area contributed by atoms with Crippen molar-refractivity contribution in [3.63, 3.8) is 0 Å². The van der Waals surface area contributed by atoms with Crippen LogP contribution in [0.2, 0.25) is 0 Å². The molecule has 1 unspecified atom stereocenters. The van der Waals surface area contributed by atoms with E-state index in [1.54, 1.807) is 6.92 Å². The molecule has 1 atom stereocenters. The maximum atomic E-state index is 13.7. The van der Waals surface area contributed by atoms with Gasteiger partial charge in [-0.15, -0.1) is 0 Å². The van der Waals surface area contributed by atoms with Crippen LogP contribution in [0.1, 0.15) is 52.0 Å². The molecule has 0 bridgehead atoms. The Morgan fingerprint density at radius 1 is 1.41 bits per heavy atom. The van der Waals surface area contributed by atoms with Gasteiger partial charge in [-0.25, -0.2) is 4.39 Å². The fourth-order valence-corrected chi connectivity index (χ4v) is 3.35. The zero-order valence-corrected chi connectivity index (χ0v) is 14.2. The molecule has 22 heavy (non-hydrogen) atoms. The van der Waals surface area contributed by atoms with E-state index in [-0.39, 0.29) is 22.5 Å². The van der Waals surface area contributed by atoms with Crippen molar-refractivity contribution in [2.75, 3.05) is 18.4 Å². The molecule has 1 fully saturated rings. The van der Waals surface area contributed by atoms with Crippen LogP contribution in [-0.4, -0.2) is 23.7 Å². The number of aromatic hydroxyl groups is 1. The van der Waals surface area contributed by atoms with Gasteiger partial charge in [0.25, 0.3) is 0 Å². The molecule has 1 aliphatic heterocycles. The largest absolute Gasteiger partial charge is 0.506 e. The van der Waals surface area contributed by atoms with Crippen molar-refractivity contribution in [1.82, 2.24) is 5.32 Å². The molecule has 1 aromatic rings. The molecule has 4 heteroatoms. The van der Waals surface area contributed by atoms with Gasteiger partial charge >= 0.3 is 0 Å². The first-order valence-corrected chi connectivity index (χ1v) is 8.25. The molecule has 1 saturated heterocycles. The Balaban J connectivity index is 2.11. The fraction of sp³-hybridized carbons (Fsp3) is 0.667. The standard InChI is InChI=1S/C18H29FN2O/c1-5-17(3,4)11-18(7-6-8-21-18)12-20-15-10-14(19)13(2)9-16(15)22/h9-10,20-22H,5-8,11-12H2,1-4H3. The van der Waals surface area contributed by atoms with Crippen molar-refractivity contribution < 1.29 is 9.50 Å². The lowest BCUT2D eigenvalue weighted by Gasteiger charge is -2.38. The minimum atomic E-state index is -0.289. The van der Waals surface area contributed by atoms with Crippen molar-refractivity contribution in [3.05, 3.63) is 23.5 Å². The Hall–Kier alpha value is -1.29. The number of rotatable bonds is 6. The summed E-state index contributed by atoms with van der Waals surface area (Å²) < 4.78 is 13.7. The lowest BCUT2D eigenvalue weighted by Crippen LogP contribution is -2.48. The average Bonchev–Trinajstić information content (AvgIpc) is 2.89. The molecular formula is C18H29FN2O. The Morgan fingerprint density at radius 3 is 2.73 bits per heavy atom. The topological polar surface area (TPSA) is 44.3 Å². The van der Waals surface area contributed by atoms with Crippen LogP contribution in [-0.2, 0) is 0 Å². The summed E-state index contributed by atoms with van der Waals surface area (Å²) in [6.07, 6.45) is 4.47. The zero-order chi connectivity index (χ0) is 16.4. The number of hydrogen-bond donors (Lipinski definition) is 3. The monoisotopic (exact) mass is 308 g/mol. The van der Waals surface area contributed by atoms with Gasteiger partial charge in [0.1, 0.15) is 11.6 Å². The SMILES string of the molecule is CCC(C)(C)CC1(CNc2cc(F)c(C)cc2O)CCCN1. The summed E-state index contributed by atoms with van der Waals surface area (Å²) in [6, 6.07) is 2.86. The molecule has 2 rings (SSSR count). The average molecular weight is 308 g/mol. The Morgan fingerprint density at radius 2 is 2.14 bits per heavy atom. The van der Waals surface area contributed by atoms with Crippen LogP contribution in [0, 0.1) is 18.2 Å². The van der Waals surface area contributed by atoms with Crippen molar-refractivity contribution in [2.45, 2.75) is 58.9 Å². The number of halogens is 1. The highest BCUT2D eigenvalue weighted by Gasteiger charge is 2.38. The highest BCUT2D eigenvalue weighted by atomic mass is 19.1. The number of aryl methyl sites for hydroxylation is 1. The van der Waals surface area contributed by atoms with Gasteiger partial charge in [-0.2, -0.15) is 0 Å². The first-order chi connectivity index (χ1) is 10.3. The van der Waals surface area contributed by atoms with Crippen LogP contribution in [0.4, 0.5) is 10.1 Å². The smallest absolute Gasteiger partial charge is 0.139 e. The van der Waals surface area contributed by atoms with E-state index in [4.69, 9.17) is 0 Å². The Labute approximate surface area is 133 Å². The van der Waals surface area contributed by atoms with Gasteiger partial charge in [-0.3, -0.25) is 0 Å². The number of phenols is 1. The maximum absolute atomic E-state index is 13.7. The van der Waals surface area contributed by atoms with Crippen molar-refractivity contribution >= 4 is 5.69 Å². The molecule has 1 aliphatic rings. The predicted octanol–water partition coefficient (Wildman–Crippen LogP) is 4.20. The summed E-state index contributed by atoms with van der Waals surface area (Å²) >= 11 is 0. The van der Waals surface area contributed by atoms with Crippen LogP contribution in [0.15, 0.2) is 12.1 Å². The van der Waals surface area contributed by atoms with Gasteiger partial charge in [-0.05, 0) is 49.8 Å². The van der Waals surface area contributed by atoms with E-state index >= 15 is 0 Å². The lowest BCUT2D eigenvalue weighted by atomic mass is 9.76. The number of nitrogens with one attached hydrogen (secondary N) is 2. The summed E-state index contributed by atoms with van der Waals surface area (Å²) in [5.41, 5.74) is 1.22.